The molecule has 0 radical (unpaired) electrons. The van der Waals surface area contributed by atoms with Crippen molar-refractivity contribution in [2.45, 2.75) is 18.8 Å². The fraction of sp³-hybridized carbons (Fsp3) is 0.300. The predicted molar refractivity (Wildman–Crippen MR) is 43.0 cm³/mol. The smallest absolute Gasteiger partial charge is 0.144 e. The highest BCUT2D eigenvalue weighted by Crippen LogP contribution is 2.40. The van der Waals surface area contributed by atoms with Crippen molar-refractivity contribution in [2.75, 3.05) is 0 Å². The number of nitriles is 1. The minimum Gasteiger partial charge on any atom is -0.205 e. The molecule has 0 spiro atoms. The Morgan fingerprint density at radius 3 is 2.15 bits per heavy atom. The van der Waals surface area contributed by atoms with Crippen LogP contribution in [-0.2, 0) is 0 Å². The highest BCUT2D eigenvalue weighted by atomic mass is 19.1. The van der Waals surface area contributed by atoms with Crippen LogP contribution >= 0.6 is 0 Å². The van der Waals surface area contributed by atoms with E-state index in [9.17, 15) is 8.78 Å². The molecule has 1 aromatic carbocycles. The summed E-state index contributed by atoms with van der Waals surface area (Å²) in [5, 5.41) is 8.41. The van der Waals surface area contributed by atoms with Crippen LogP contribution in [0.25, 0.3) is 0 Å². The second-order valence-corrected chi connectivity index (χ2v) is 3.25. The predicted octanol–water partition coefficient (Wildman–Crippen LogP) is 2.71. The van der Waals surface area contributed by atoms with Crippen LogP contribution < -0.4 is 0 Å². The zero-order chi connectivity index (χ0) is 9.42. The molecule has 0 amide bonds. The first kappa shape index (κ1) is 8.18. The molecule has 1 aliphatic rings. The molecule has 2 rings (SSSR count). The maximum atomic E-state index is 13.0. The maximum absolute atomic E-state index is 13.0. The molecule has 1 aliphatic carbocycles. The Labute approximate surface area is 74.6 Å². The van der Waals surface area contributed by atoms with E-state index in [1.54, 1.807) is 0 Å². The van der Waals surface area contributed by atoms with Gasteiger partial charge in [-0.1, -0.05) is 0 Å². The van der Waals surface area contributed by atoms with E-state index in [2.05, 4.69) is 0 Å². The Bertz CT molecular complexity index is 365. The molecule has 1 saturated carbocycles. The summed E-state index contributed by atoms with van der Waals surface area (Å²) in [6.07, 6.45) is 1.98. The van der Waals surface area contributed by atoms with Crippen molar-refractivity contribution in [3.63, 3.8) is 0 Å². The molecule has 1 aromatic rings. The third kappa shape index (κ3) is 1.40. The lowest BCUT2D eigenvalue weighted by Crippen LogP contribution is -1.93. The van der Waals surface area contributed by atoms with E-state index >= 15 is 0 Å². The first-order valence-electron chi connectivity index (χ1n) is 4.11. The molecular formula is C10H7F2N. The third-order valence-electron chi connectivity index (χ3n) is 2.22. The minimum atomic E-state index is -0.746. The number of benzene rings is 1. The van der Waals surface area contributed by atoms with E-state index in [1.165, 1.54) is 18.2 Å². The summed E-state index contributed by atoms with van der Waals surface area (Å²) < 4.78 is 26.1. The van der Waals surface area contributed by atoms with Gasteiger partial charge in [0.1, 0.15) is 23.3 Å². The van der Waals surface area contributed by atoms with E-state index in [-0.39, 0.29) is 0 Å². The van der Waals surface area contributed by atoms with Gasteiger partial charge in [0.05, 0.1) is 0 Å². The molecule has 0 unspecified atom stereocenters. The molecule has 0 atom stereocenters. The van der Waals surface area contributed by atoms with Crippen LogP contribution in [0.1, 0.15) is 29.9 Å². The number of hydrogen-bond donors (Lipinski definition) is 0. The second kappa shape index (κ2) is 2.81. The van der Waals surface area contributed by atoms with Crippen LogP contribution in [0.15, 0.2) is 12.1 Å². The van der Waals surface area contributed by atoms with Gasteiger partial charge in [0, 0.05) is 0 Å². The Morgan fingerprint density at radius 2 is 1.77 bits per heavy atom. The molecule has 1 nitrogen and oxygen atoms in total. The number of halogens is 2. The van der Waals surface area contributed by atoms with E-state index in [4.69, 9.17) is 5.26 Å². The van der Waals surface area contributed by atoms with E-state index in [1.807, 2.05) is 0 Å². The Kier molecular flexibility index (Phi) is 1.77. The molecule has 3 heteroatoms. The van der Waals surface area contributed by atoms with Crippen LogP contribution in [-0.4, -0.2) is 0 Å². The topological polar surface area (TPSA) is 23.8 Å². The molecule has 0 aromatic heterocycles. The molecule has 0 N–H and O–H groups in total. The summed E-state index contributed by atoms with van der Waals surface area (Å²) in [4.78, 5) is 0. The third-order valence-corrected chi connectivity index (χ3v) is 2.22. The van der Waals surface area contributed by atoms with E-state index in [0.29, 0.717) is 11.5 Å². The molecule has 66 valence electrons. The van der Waals surface area contributed by atoms with Gasteiger partial charge in [-0.25, -0.2) is 8.78 Å². The highest BCUT2D eigenvalue weighted by molar-refractivity contribution is 5.37. The van der Waals surface area contributed by atoms with Gasteiger partial charge in [-0.2, -0.15) is 5.26 Å². The summed E-state index contributed by atoms with van der Waals surface area (Å²) in [6.45, 7) is 0. The highest BCUT2D eigenvalue weighted by Gasteiger charge is 2.25. The molecular weight excluding hydrogens is 172 g/mol. The first-order chi connectivity index (χ1) is 6.22. The maximum Gasteiger partial charge on any atom is 0.144 e. The summed E-state index contributed by atoms with van der Waals surface area (Å²) in [5.74, 6) is -1.19. The van der Waals surface area contributed by atoms with Crippen molar-refractivity contribution in [3.05, 3.63) is 34.9 Å². The van der Waals surface area contributed by atoms with Crippen molar-refractivity contribution in [1.29, 1.82) is 5.26 Å². The normalized spacial score (nSPS) is 15.5. The molecule has 13 heavy (non-hydrogen) atoms. The van der Waals surface area contributed by atoms with Gasteiger partial charge in [0.25, 0.3) is 0 Å². The number of nitrogens with zero attached hydrogens (tertiary/aromatic N) is 1. The van der Waals surface area contributed by atoms with E-state index in [0.717, 1.165) is 12.8 Å². The molecule has 0 heterocycles. The zero-order valence-electron chi connectivity index (χ0n) is 6.85. The van der Waals surface area contributed by atoms with Crippen LogP contribution in [0.5, 0.6) is 0 Å². The van der Waals surface area contributed by atoms with Crippen LogP contribution in [0.3, 0.4) is 0 Å². The lowest BCUT2D eigenvalue weighted by atomic mass is 10.1. The monoisotopic (exact) mass is 179 g/mol. The van der Waals surface area contributed by atoms with Crippen LogP contribution in [0.2, 0.25) is 0 Å². The summed E-state index contributed by atoms with van der Waals surface area (Å²) >= 11 is 0. The number of rotatable bonds is 1. The zero-order valence-corrected chi connectivity index (χ0v) is 6.85. The molecule has 0 bridgehead atoms. The van der Waals surface area contributed by atoms with Crippen molar-refractivity contribution < 1.29 is 8.78 Å². The quantitative estimate of drug-likeness (QED) is 0.650. The van der Waals surface area contributed by atoms with Gasteiger partial charge in [0.2, 0.25) is 0 Å². The average molecular weight is 179 g/mol. The van der Waals surface area contributed by atoms with Gasteiger partial charge >= 0.3 is 0 Å². The largest absolute Gasteiger partial charge is 0.205 e. The van der Waals surface area contributed by atoms with Gasteiger partial charge in [0.15, 0.2) is 0 Å². The SMILES string of the molecule is N#Cc1c(F)cc(C2CC2)cc1F. The van der Waals surface area contributed by atoms with Crippen molar-refractivity contribution in [3.8, 4) is 6.07 Å². The Morgan fingerprint density at radius 1 is 1.23 bits per heavy atom. The molecule has 0 aliphatic heterocycles. The van der Waals surface area contributed by atoms with Crippen LogP contribution in [0, 0.1) is 23.0 Å². The van der Waals surface area contributed by atoms with Gasteiger partial charge in [-0.15, -0.1) is 0 Å². The number of hydrogen-bond acceptors (Lipinski definition) is 1. The average Bonchev–Trinajstić information content (AvgIpc) is 2.85. The van der Waals surface area contributed by atoms with Crippen molar-refractivity contribution >= 4 is 0 Å². The molecule has 0 saturated heterocycles. The van der Waals surface area contributed by atoms with Crippen molar-refractivity contribution in [1.82, 2.24) is 0 Å². The fourth-order valence-electron chi connectivity index (χ4n) is 1.35. The second-order valence-electron chi connectivity index (χ2n) is 3.25. The van der Waals surface area contributed by atoms with Gasteiger partial charge in [-0.05, 0) is 36.5 Å². The standard InChI is InChI=1S/C10H7F2N/c11-9-3-7(6-1-2-6)4-10(12)8(9)5-13/h3-4,6H,1-2H2. The minimum absolute atomic E-state index is 0.303. The Balaban J connectivity index is 2.50. The lowest BCUT2D eigenvalue weighted by Gasteiger charge is -2.00. The van der Waals surface area contributed by atoms with Crippen LogP contribution in [0.4, 0.5) is 8.78 Å². The summed E-state index contributed by atoms with van der Waals surface area (Å²) in [7, 11) is 0. The fourth-order valence-corrected chi connectivity index (χ4v) is 1.35. The molecule has 1 fully saturated rings. The van der Waals surface area contributed by atoms with E-state index < -0.39 is 17.2 Å². The summed E-state index contributed by atoms with van der Waals surface area (Å²) in [6, 6.07) is 4.03. The lowest BCUT2D eigenvalue weighted by molar-refractivity contribution is 0.573. The first-order valence-corrected chi connectivity index (χ1v) is 4.11. The Hall–Kier alpha value is -1.43. The van der Waals surface area contributed by atoms with Gasteiger partial charge < -0.3 is 0 Å². The summed E-state index contributed by atoms with van der Waals surface area (Å²) in [5.41, 5.74) is 0.193. The van der Waals surface area contributed by atoms with Gasteiger partial charge in [-0.3, -0.25) is 0 Å². The van der Waals surface area contributed by atoms with Crippen molar-refractivity contribution in [2.24, 2.45) is 0 Å².